The normalized spacial score (nSPS) is 19.5. The molecule has 2 aliphatic rings. The lowest BCUT2D eigenvalue weighted by Crippen LogP contribution is -2.23. The largest absolute Gasteiger partial charge is 0.490 e. The summed E-state index contributed by atoms with van der Waals surface area (Å²) in [6, 6.07) is 16.6. The fourth-order valence-corrected chi connectivity index (χ4v) is 3.98. The second-order valence-corrected chi connectivity index (χ2v) is 7.26. The van der Waals surface area contributed by atoms with Crippen LogP contribution in [0, 0.1) is 0 Å². The summed E-state index contributed by atoms with van der Waals surface area (Å²) in [7, 11) is 0. The number of ether oxygens (including phenoxy) is 2. The molecule has 0 radical (unpaired) electrons. The van der Waals surface area contributed by atoms with Gasteiger partial charge in [-0.05, 0) is 37.1 Å². The van der Waals surface area contributed by atoms with Crippen molar-refractivity contribution in [3.8, 4) is 22.9 Å². The summed E-state index contributed by atoms with van der Waals surface area (Å²) in [6.07, 6.45) is 3.18. The molecule has 5 rings (SSSR count). The average Bonchev–Trinajstić information content (AvgIpc) is 3.33. The molecule has 0 bridgehead atoms. The Morgan fingerprint density at radius 2 is 1.82 bits per heavy atom. The molecule has 1 aromatic heterocycles. The second kappa shape index (κ2) is 7.64. The zero-order valence-electron chi connectivity index (χ0n) is 15.7. The quantitative estimate of drug-likeness (QED) is 0.678. The molecule has 6 heteroatoms. The predicted octanol–water partition coefficient (Wildman–Crippen LogP) is 4.24. The number of hydrogen-bond acceptors (Lipinski definition) is 6. The maximum atomic E-state index is 5.87. The smallest absolute Gasteiger partial charge is 0.241 e. The maximum Gasteiger partial charge on any atom is 0.241 e. The van der Waals surface area contributed by atoms with Crippen LogP contribution in [0.5, 0.6) is 11.5 Å². The highest BCUT2D eigenvalue weighted by molar-refractivity contribution is 5.53. The molecule has 1 fully saturated rings. The van der Waals surface area contributed by atoms with Crippen LogP contribution in [0.2, 0.25) is 0 Å². The minimum Gasteiger partial charge on any atom is -0.490 e. The number of likely N-dealkylation sites (tertiary alicyclic amines) is 1. The molecule has 28 heavy (non-hydrogen) atoms. The Balaban J connectivity index is 1.34. The third kappa shape index (κ3) is 3.47. The summed E-state index contributed by atoms with van der Waals surface area (Å²) in [5, 5.41) is 4.15. The van der Waals surface area contributed by atoms with E-state index in [1.165, 1.54) is 5.56 Å². The van der Waals surface area contributed by atoms with Crippen molar-refractivity contribution in [1.82, 2.24) is 15.0 Å². The van der Waals surface area contributed by atoms with Crippen LogP contribution in [0.25, 0.3) is 11.4 Å². The maximum absolute atomic E-state index is 5.87. The first-order valence-corrected chi connectivity index (χ1v) is 9.88. The van der Waals surface area contributed by atoms with E-state index in [1.807, 2.05) is 36.4 Å². The summed E-state index contributed by atoms with van der Waals surface area (Å²) < 4.78 is 17.2. The Bertz CT molecular complexity index is 941. The van der Waals surface area contributed by atoms with Gasteiger partial charge in [0.2, 0.25) is 11.7 Å². The van der Waals surface area contributed by atoms with Gasteiger partial charge in [0.05, 0.1) is 19.8 Å². The number of aromatic nitrogens is 2. The van der Waals surface area contributed by atoms with Gasteiger partial charge in [-0.25, -0.2) is 0 Å². The molecule has 1 atom stereocenters. The molecule has 6 nitrogen and oxygen atoms in total. The molecule has 0 amide bonds. The highest BCUT2D eigenvalue weighted by Gasteiger charge is 2.28. The topological polar surface area (TPSA) is 60.6 Å². The fraction of sp³-hybridized carbons (Fsp3) is 0.364. The Morgan fingerprint density at radius 3 is 2.71 bits per heavy atom. The van der Waals surface area contributed by atoms with Gasteiger partial charge in [0, 0.05) is 18.0 Å². The van der Waals surface area contributed by atoms with Gasteiger partial charge in [-0.1, -0.05) is 41.6 Å². The molecule has 0 N–H and O–H groups in total. The number of rotatable bonds is 4. The van der Waals surface area contributed by atoms with Gasteiger partial charge in [-0.3, -0.25) is 4.90 Å². The summed E-state index contributed by atoms with van der Waals surface area (Å²) in [5.41, 5.74) is 2.22. The third-order valence-corrected chi connectivity index (χ3v) is 5.36. The van der Waals surface area contributed by atoms with E-state index in [-0.39, 0.29) is 0 Å². The van der Waals surface area contributed by atoms with E-state index >= 15 is 0 Å². The molecule has 2 aromatic carbocycles. The summed E-state index contributed by atoms with van der Waals surface area (Å²) in [6.45, 7) is 3.08. The first-order chi connectivity index (χ1) is 13.9. The van der Waals surface area contributed by atoms with Crippen LogP contribution in [0.4, 0.5) is 0 Å². The second-order valence-electron chi connectivity index (χ2n) is 7.26. The third-order valence-electron chi connectivity index (χ3n) is 5.36. The Hall–Kier alpha value is -2.86. The van der Waals surface area contributed by atoms with Gasteiger partial charge in [0.15, 0.2) is 11.5 Å². The van der Waals surface area contributed by atoms with Crippen molar-refractivity contribution in [3.63, 3.8) is 0 Å². The van der Waals surface area contributed by atoms with E-state index < -0.39 is 0 Å². The van der Waals surface area contributed by atoms with E-state index in [9.17, 15) is 0 Å². The van der Waals surface area contributed by atoms with Crippen LogP contribution in [0.15, 0.2) is 53.1 Å². The monoisotopic (exact) mass is 377 g/mol. The molecular weight excluding hydrogens is 354 g/mol. The van der Waals surface area contributed by atoms with Crippen molar-refractivity contribution in [2.24, 2.45) is 0 Å². The number of benzene rings is 2. The van der Waals surface area contributed by atoms with Crippen molar-refractivity contribution in [3.05, 3.63) is 60.0 Å². The Labute approximate surface area is 164 Å². The predicted molar refractivity (Wildman–Crippen MR) is 104 cm³/mol. The lowest BCUT2D eigenvalue weighted by molar-refractivity contribution is 0.212. The van der Waals surface area contributed by atoms with Crippen molar-refractivity contribution in [2.45, 2.75) is 31.8 Å². The fourth-order valence-electron chi connectivity index (χ4n) is 3.98. The van der Waals surface area contributed by atoms with E-state index in [0.29, 0.717) is 37.5 Å². The van der Waals surface area contributed by atoms with Crippen molar-refractivity contribution < 1.29 is 14.0 Å². The Morgan fingerprint density at radius 1 is 0.964 bits per heavy atom. The zero-order valence-corrected chi connectivity index (χ0v) is 15.7. The van der Waals surface area contributed by atoms with Gasteiger partial charge >= 0.3 is 0 Å². The molecule has 144 valence electrons. The first kappa shape index (κ1) is 17.3. The zero-order chi connectivity index (χ0) is 18.8. The van der Waals surface area contributed by atoms with Gasteiger partial charge in [-0.2, -0.15) is 4.98 Å². The molecule has 0 spiro atoms. The van der Waals surface area contributed by atoms with Crippen molar-refractivity contribution >= 4 is 0 Å². The van der Waals surface area contributed by atoms with E-state index in [4.69, 9.17) is 14.0 Å². The van der Waals surface area contributed by atoms with Gasteiger partial charge in [0.1, 0.15) is 0 Å². The lowest BCUT2D eigenvalue weighted by Gasteiger charge is -2.23. The Kier molecular flexibility index (Phi) is 4.71. The molecule has 2 aliphatic heterocycles. The average molecular weight is 377 g/mol. The SMILES string of the molecule is c1ccc(-c2noc(CN3CCC[C@H]3c3ccc4c(c3)OCCCO4)n2)cc1. The van der Waals surface area contributed by atoms with Gasteiger partial charge in [0.25, 0.3) is 0 Å². The van der Waals surface area contributed by atoms with Gasteiger partial charge in [-0.15, -0.1) is 0 Å². The van der Waals surface area contributed by atoms with Crippen LogP contribution in [0.3, 0.4) is 0 Å². The standard InChI is InChI=1S/C22H23N3O3/c1-2-6-16(7-3-1)22-23-21(28-24-22)15-25-11-4-8-18(25)17-9-10-19-20(14-17)27-13-5-12-26-19/h1-3,6-7,9-10,14,18H,4-5,8,11-13,15H2/t18-/m0/s1. The summed E-state index contributed by atoms with van der Waals surface area (Å²) >= 11 is 0. The molecule has 0 saturated carbocycles. The number of nitrogens with zero attached hydrogens (tertiary/aromatic N) is 3. The summed E-state index contributed by atoms with van der Waals surface area (Å²) in [4.78, 5) is 6.99. The molecule has 3 heterocycles. The first-order valence-electron chi connectivity index (χ1n) is 9.88. The van der Waals surface area contributed by atoms with E-state index in [2.05, 4.69) is 27.2 Å². The molecule has 3 aromatic rings. The minimum atomic E-state index is 0.323. The number of hydrogen-bond donors (Lipinski definition) is 0. The highest BCUT2D eigenvalue weighted by Crippen LogP contribution is 2.38. The van der Waals surface area contributed by atoms with Crippen molar-refractivity contribution in [2.75, 3.05) is 19.8 Å². The number of fused-ring (bicyclic) bond motifs is 1. The van der Waals surface area contributed by atoms with Crippen LogP contribution < -0.4 is 9.47 Å². The molecule has 1 saturated heterocycles. The van der Waals surface area contributed by atoms with Gasteiger partial charge < -0.3 is 14.0 Å². The molecule has 0 aliphatic carbocycles. The van der Waals surface area contributed by atoms with E-state index in [1.54, 1.807) is 0 Å². The lowest BCUT2D eigenvalue weighted by atomic mass is 10.0. The summed E-state index contributed by atoms with van der Waals surface area (Å²) in [5.74, 6) is 2.99. The highest BCUT2D eigenvalue weighted by atomic mass is 16.5. The van der Waals surface area contributed by atoms with Crippen molar-refractivity contribution in [1.29, 1.82) is 0 Å². The van der Waals surface area contributed by atoms with Crippen LogP contribution in [0.1, 0.15) is 36.8 Å². The van der Waals surface area contributed by atoms with Crippen LogP contribution in [-0.2, 0) is 6.54 Å². The minimum absolute atomic E-state index is 0.323. The van der Waals surface area contributed by atoms with Crippen LogP contribution in [-0.4, -0.2) is 34.8 Å². The molecular formula is C22H23N3O3. The molecule has 0 unspecified atom stereocenters. The van der Waals surface area contributed by atoms with E-state index in [0.717, 1.165) is 42.9 Å². The van der Waals surface area contributed by atoms with Crippen LogP contribution >= 0.6 is 0 Å².